The van der Waals surface area contributed by atoms with Crippen molar-refractivity contribution in [2.75, 3.05) is 18.4 Å². The fourth-order valence-corrected chi connectivity index (χ4v) is 3.91. The molecule has 2 unspecified atom stereocenters. The fourth-order valence-electron chi connectivity index (χ4n) is 3.21. The highest BCUT2D eigenvalue weighted by Gasteiger charge is 2.22. The average Bonchev–Trinajstić information content (AvgIpc) is 3.22. The molecule has 9 heteroatoms. The summed E-state index contributed by atoms with van der Waals surface area (Å²) in [6.45, 7) is 6.71. The summed E-state index contributed by atoms with van der Waals surface area (Å²) >= 11 is 1.44. The summed E-state index contributed by atoms with van der Waals surface area (Å²) in [5, 5.41) is 13.2. The minimum absolute atomic E-state index is 0.199. The van der Waals surface area contributed by atoms with E-state index in [0.717, 1.165) is 25.3 Å². The van der Waals surface area contributed by atoms with Crippen LogP contribution in [0.25, 0.3) is 5.65 Å². The lowest BCUT2D eigenvalue weighted by Gasteiger charge is -2.34. The molecule has 2 atom stereocenters. The molecule has 1 saturated heterocycles. The summed E-state index contributed by atoms with van der Waals surface area (Å²) < 4.78 is 7.47. The maximum atomic E-state index is 12.4. The van der Waals surface area contributed by atoms with E-state index in [-0.39, 0.29) is 18.1 Å². The molecule has 0 bridgehead atoms. The van der Waals surface area contributed by atoms with Crippen LogP contribution in [0.15, 0.2) is 30.0 Å². The average molecular weight is 372 g/mol. The number of pyridine rings is 1. The Morgan fingerprint density at radius 3 is 2.96 bits per heavy atom. The lowest BCUT2D eigenvalue weighted by atomic mass is 10.2. The molecule has 0 saturated carbocycles. The highest BCUT2D eigenvalue weighted by atomic mass is 32.1. The molecular weight excluding hydrogens is 352 g/mol. The van der Waals surface area contributed by atoms with Crippen LogP contribution in [-0.2, 0) is 11.3 Å². The SMILES string of the molecule is CC1CN(Cc2csc(NC(=O)c3ccc4nncn4c3)n2)CC(C)O1. The van der Waals surface area contributed by atoms with Gasteiger partial charge in [-0.2, -0.15) is 0 Å². The number of hydrogen-bond donors (Lipinski definition) is 1. The van der Waals surface area contributed by atoms with Crippen LogP contribution in [0.3, 0.4) is 0 Å². The van der Waals surface area contributed by atoms with Gasteiger partial charge in [-0.05, 0) is 26.0 Å². The molecule has 0 radical (unpaired) electrons. The number of nitrogens with zero attached hydrogens (tertiary/aromatic N) is 5. The zero-order valence-corrected chi connectivity index (χ0v) is 15.4. The van der Waals surface area contributed by atoms with Crippen LogP contribution in [0.1, 0.15) is 29.9 Å². The number of amides is 1. The van der Waals surface area contributed by atoms with Crippen LogP contribution in [0.5, 0.6) is 0 Å². The van der Waals surface area contributed by atoms with Crippen molar-refractivity contribution in [1.29, 1.82) is 0 Å². The third kappa shape index (κ3) is 3.74. The summed E-state index contributed by atoms with van der Waals surface area (Å²) in [6, 6.07) is 3.49. The van der Waals surface area contributed by atoms with Crippen LogP contribution < -0.4 is 5.32 Å². The van der Waals surface area contributed by atoms with E-state index in [9.17, 15) is 4.79 Å². The van der Waals surface area contributed by atoms with Crippen molar-refractivity contribution in [3.63, 3.8) is 0 Å². The number of hydrogen-bond acceptors (Lipinski definition) is 7. The molecule has 26 heavy (non-hydrogen) atoms. The molecular formula is C17H20N6O2S. The quantitative estimate of drug-likeness (QED) is 0.754. The molecule has 0 aliphatic carbocycles. The fraction of sp³-hybridized carbons (Fsp3) is 0.412. The second-order valence-corrected chi connectivity index (χ2v) is 7.42. The Hall–Kier alpha value is -2.36. The van der Waals surface area contributed by atoms with Gasteiger partial charge in [0.1, 0.15) is 6.33 Å². The maximum Gasteiger partial charge on any atom is 0.258 e. The summed E-state index contributed by atoms with van der Waals surface area (Å²) in [6.07, 6.45) is 3.72. The number of aromatic nitrogens is 4. The zero-order valence-electron chi connectivity index (χ0n) is 14.6. The minimum atomic E-state index is -0.199. The van der Waals surface area contributed by atoms with Gasteiger partial charge in [0.2, 0.25) is 0 Å². The second-order valence-electron chi connectivity index (χ2n) is 6.56. The standard InChI is InChI=1S/C17H20N6O2S/c1-11-5-22(6-12(2)25-11)8-14-9-26-17(19-14)20-16(24)13-3-4-15-21-18-10-23(15)7-13/h3-4,7,9-12H,5-6,8H2,1-2H3,(H,19,20,24). The Labute approximate surface area is 154 Å². The monoisotopic (exact) mass is 372 g/mol. The van der Waals surface area contributed by atoms with Crippen molar-refractivity contribution in [2.45, 2.75) is 32.6 Å². The number of carbonyl (C=O) groups excluding carboxylic acids is 1. The van der Waals surface area contributed by atoms with Crippen LogP contribution in [0.2, 0.25) is 0 Å². The largest absolute Gasteiger partial charge is 0.373 e. The van der Waals surface area contributed by atoms with Gasteiger partial charge in [-0.25, -0.2) is 4.98 Å². The Morgan fingerprint density at radius 1 is 1.35 bits per heavy atom. The summed E-state index contributed by atoms with van der Waals surface area (Å²) in [5.74, 6) is -0.199. The van der Waals surface area contributed by atoms with Gasteiger partial charge in [-0.1, -0.05) is 0 Å². The van der Waals surface area contributed by atoms with Gasteiger partial charge >= 0.3 is 0 Å². The molecule has 1 aliphatic heterocycles. The van der Waals surface area contributed by atoms with E-state index in [1.54, 1.807) is 29.1 Å². The Bertz CT molecular complexity index is 913. The summed E-state index contributed by atoms with van der Waals surface area (Å²) in [5.41, 5.74) is 2.19. The molecule has 4 heterocycles. The minimum Gasteiger partial charge on any atom is -0.373 e. The molecule has 1 amide bonds. The summed E-state index contributed by atoms with van der Waals surface area (Å²) in [4.78, 5) is 19.3. The van der Waals surface area contributed by atoms with Gasteiger partial charge in [-0.3, -0.25) is 19.4 Å². The first-order valence-electron chi connectivity index (χ1n) is 8.50. The smallest absolute Gasteiger partial charge is 0.258 e. The van der Waals surface area contributed by atoms with Crippen LogP contribution in [0, 0.1) is 0 Å². The number of ether oxygens (including phenoxy) is 1. The van der Waals surface area contributed by atoms with Crippen LogP contribution in [0.4, 0.5) is 5.13 Å². The number of morpholine rings is 1. The molecule has 1 aliphatic rings. The van der Waals surface area contributed by atoms with Crippen LogP contribution in [-0.4, -0.2) is 55.7 Å². The number of nitrogens with one attached hydrogen (secondary N) is 1. The number of anilines is 1. The van der Waals surface area contributed by atoms with Crippen molar-refractivity contribution < 1.29 is 9.53 Å². The molecule has 0 aromatic carbocycles. The van der Waals surface area contributed by atoms with Crippen LogP contribution >= 0.6 is 11.3 Å². The van der Waals surface area contributed by atoms with E-state index in [1.165, 1.54) is 11.3 Å². The predicted octanol–water partition coefficient (Wildman–Crippen LogP) is 2.05. The number of carbonyl (C=O) groups is 1. The van der Waals surface area contributed by atoms with Gasteiger partial charge < -0.3 is 4.74 Å². The number of thiazole rings is 1. The highest BCUT2D eigenvalue weighted by molar-refractivity contribution is 7.13. The first-order valence-corrected chi connectivity index (χ1v) is 9.38. The molecule has 136 valence electrons. The van der Waals surface area contributed by atoms with Crippen molar-refractivity contribution in [3.05, 3.63) is 41.3 Å². The van der Waals surface area contributed by atoms with E-state index in [4.69, 9.17) is 4.74 Å². The molecule has 3 aromatic heterocycles. The second kappa shape index (κ2) is 7.10. The van der Waals surface area contributed by atoms with Crippen molar-refractivity contribution in [1.82, 2.24) is 24.5 Å². The van der Waals surface area contributed by atoms with Gasteiger partial charge in [0.15, 0.2) is 10.8 Å². The lowest BCUT2D eigenvalue weighted by molar-refractivity contribution is -0.0707. The van der Waals surface area contributed by atoms with E-state index in [2.05, 4.69) is 39.2 Å². The maximum absolute atomic E-state index is 12.4. The first-order chi connectivity index (χ1) is 12.6. The van der Waals surface area contributed by atoms with Crippen molar-refractivity contribution in [2.24, 2.45) is 0 Å². The van der Waals surface area contributed by atoms with Gasteiger partial charge in [0.05, 0.1) is 23.5 Å². The predicted molar refractivity (Wildman–Crippen MR) is 98.3 cm³/mol. The van der Waals surface area contributed by atoms with Gasteiger partial charge in [0.25, 0.3) is 5.91 Å². The molecule has 4 rings (SSSR count). The lowest BCUT2D eigenvalue weighted by Crippen LogP contribution is -2.44. The molecule has 1 fully saturated rings. The first kappa shape index (κ1) is 17.1. The van der Waals surface area contributed by atoms with Crippen molar-refractivity contribution >= 4 is 28.0 Å². The van der Waals surface area contributed by atoms with E-state index in [1.807, 2.05) is 5.38 Å². The summed E-state index contributed by atoms with van der Waals surface area (Å²) in [7, 11) is 0. The van der Waals surface area contributed by atoms with Gasteiger partial charge in [0, 0.05) is 31.2 Å². The van der Waals surface area contributed by atoms with Crippen molar-refractivity contribution in [3.8, 4) is 0 Å². The third-order valence-corrected chi connectivity index (χ3v) is 5.01. The third-order valence-electron chi connectivity index (χ3n) is 4.21. The van der Waals surface area contributed by atoms with Gasteiger partial charge in [-0.15, -0.1) is 21.5 Å². The topological polar surface area (TPSA) is 84.7 Å². The van der Waals surface area contributed by atoms with E-state index >= 15 is 0 Å². The Balaban J connectivity index is 1.40. The molecule has 8 nitrogen and oxygen atoms in total. The normalized spacial score (nSPS) is 21.2. The van der Waals surface area contributed by atoms with E-state index in [0.29, 0.717) is 16.3 Å². The molecule has 0 spiro atoms. The number of rotatable bonds is 4. The highest BCUT2D eigenvalue weighted by Crippen LogP contribution is 2.20. The van der Waals surface area contributed by atoms with E-state index < -0.39 is 0 Å². The Kier molecular flexibility index (Phi) is 4.66. The zero-order chi connectivity index (χ0) is 18.1. The molecule has 3 aromatic rings. The Morgan fingerprint density at radius 2 is 2.15 bits per heavy atom. The number of fused-ring (bicyclic) bond motifs is 1. The molecule has 1 N–H and O–H groups in total.